The van der Waals surface area contributed by atoms with E-state index in [0.717, 1.165) is 16.8 Å². The van der Waals surface area contributed by atoms with E-state index in [9.17, 15) is 9.59 Å². The van der Waals surface area contributed by atoms with Crippen molar-refractivity contribution in [2.45, 2.75) is 20.8 Å². The van der Waals surface area contributed by atoms with Crippen molar-refractivity contribution in [3.8, 4) is 0 Å². The first-order valence-electron chi connectivity index (χ1n) is 7.81. The van der Waals surface area contributed by atoms with Gasteiger partial charge in [-0.25, -0.2) is 4.79 Å². The molecule has 0 aliphatic rings. The zero-order valence-corrected chi connectivity index (χ0v) is 15.5. The molecule has 0 unspecified atom stereocenters. The Bertz CT molecular complexity index is 795. The molecule has 0 heterocycles. The second-order valence-electron chi connectivity index (χ2n) is 5.86. The van der Waals surface area contributed by atoms with E-state index in [1.807, 2.05) is 20.8 Å². The number of aryl methyl sites for hydroxylation is 3. The van der Waals surface area contributed by atoms with E-state index in [1.54, 1.807) is 12.1 Å². The topological polar surface area (TPSA) is 67.4 Å². The average molecular weight is 361 g/mol. The molecule has 132 valence electrons. The van der Waals surface area contributed by atoms with E-state index in [2.05, 4.69) is 27.5 Å². The van der Waals surface area contributed by atoms with Gasteiger partial charge in [-0.15, -0.1) is 0 Å². The molecule has 25 heavy (non-hydrogen) atoms. The summed E-state index contributed by atoms with van der Waals surface area (Å²) in [6.07, 6.45) is 0. The molecule has 0 aliphatic heterocycles. The molecule has 0 atom stereocenters. The summed E-state index contributed by atoms with van der Waals surface area (Å²) in [6.45, 7) is 6.12. The van der Waals surface area contributed by atoms with Crippen molar-refractivity contribution >= 4 is 34.9 Å². The fourth-order valence-electron chi connectivity index (χ4n) is 2.69. The number of carbonyl (C=O) groups is 2. The summed E-state index contributed by atoms with van der Waals surface area (Å²) in [4.78, 5) is 23.8. The third-order valence-corrected chi connectivity index (χ3v) is 4.09. The van der Waals surface area contributed by atoms with E-state index in [1.165, 1.54) is 18.7 Å². The Morgan fingerprint density at radius 3 is 2.32 bits per heavy atom. The van der Waals surface area contributed by atoms with Crippen LogP contribution in [0.4, 0.5) is 11.4 Å². The van der Waals surface area contributed by atoms with Crippen LogP contribution in [-0.2, 0) is 9.53 Å². The number of benzene rings is 2. The molecule has 2 aromatic carbocycles. The highest BCUT2D eigenvalue weighted by Gasteiger charge is 2.12. The fourth-order valence-corrected chi connectivity index (χ4v) is 2.85. The van der Waals surface area contributed by atoms with Crippen molar-refractivity contribution in [1.82, 2.24) is 0 Å². The molecule has 0 spiro atoms. The Labute approximate surface area is 152 Å². The summed E-state index contributed by atoms with van der Waals surface area (Å²) in [6, 6.07) is 8.70. The lowest BCUT2D eigenvalue weighted by Gasteiger charge is -2.14. The Morgan fingerprint density at radius 2 is 1.72 bits per heavy atom. The molecule has 0 aliphatic carbocycles. The second-order valence-corrected chi connectivity index (χ2v) is 6.27. The number of ether oxygens (including phenoxy) is 1. The number of methoxy groups -OCH3 is 1. The Balaban J connectivity index is 2.07. The third kappa shape index (κ3) is 4.73. The van der Waals surface area contributed by atoms with Crippen LogP contribution in [0, 0.1) is 20.8 Å². The van der Waals surface area contributed by atoms with E-state index >= 15 is 0 Å². The first-order chi connectivity index (χ1) is 11.8. The summed E-state index contributed by atoms with van der Waals surface area (Å²) >= 11 is 6.09. The molecular weight excluding hydrogens is 340 g/mol. The fraction of sp³-hybridized carbons (Fsp3) is 0.263. The molecule has 0 saturated heterocycles. The van der Waals surface area contributed by atoms with E-state index in [0.29, 0.717) is 16.3 Å². The van der Waals surface area contributed by atoms with Crippen LogP contribution in [-0.4, -0.2) is 25.5 Å². The average Bonchev–Trinajstić information content (AvgIpc) is 2.55. The monoisotopic (exact) mass is 360 g/mol. The first-order valence-corrected chi connectivity index (χ1v) is 8.19. The predicted octanol–water partition coefficient (Wildman–Crippen LogP) is 4.10. The first kappa shape index (κ1) is 18.8. The molecule has 2 N–H and O–H groups in total. The van der Waals surface area contributed by atoms with Crippen LogP contribution in [0.25, 0.3) is 0 Å². The molecule has 2 rings (SSSR count). The number of carbonyl (C=O) groups excluding carboxylic acids is 2. The standard InChI is InChI=1S/C19H21ClN2O3/c1-11-7-12(2)18(13(3)8-11)21-10-17(23)22-16-9-14(19(24)25-4)5-6-15(16)20/h5-9,21H,10H2,1-4H3,(H,22,23). The molecule has 1 amide bonds. The van der Waals surface area contributed by atoms with Crippen LogP contribution in [0.1, 0.15) is 27.0 Å². The number of anilines is 2. The number of esters is 1. The summed E-state index contributed by atoms with van der Waals surface area (Å²) in [5, 5.41) is 6.21. The molecule has 6 heteroatoms. The van der Waals surface area contributed by atoms with Gasteiger partial charge in [-0.05, 0) is 50.1 Å². The van der Waals surface area contributed by atoms with E-state index in [-0.39, 0.29) is 12.5 Å². The van der Waals surface area contributed by atoms with E-state index in [4.69, 9.17) is 11.6 Å². The van der Waals surface area contributed by atoms with Crippen LogP contribution in [0.2, 0.25) is 5.02 Å². The van der Waals surface area contributed by atoms with Crippen molar-refractivity contribution < 1.29 is 14.3 Å². The predicted molar refractivity (Wildman–Crippen MR) is 101 cm³/mol. The van der Waals surface area contributed by atoms with Gasteiger partial charge in [0.2, 0.25) is 5.91 Å². The van der Waals surface area contributed by atoms with E-state index < -0.39 is 5.97 Å². The zero-order valence-electron chi connectivity index (χ0n) is 14.7. The Kier molecular flexibility index (Phi) is 6.04. The normalized spacial score (nSPS) is 10.3. The van der Waals surface area contributed by atoms with Gasteiger partial charge < -0.3 is 15.4 Å². The van der Waals surface area contributed by atoms with Gasteiger partial charge in [0.1, 0.15) is 0 Å². The molecule has 0 bridgehead atoms. The van der Waals surface area contributed by atoms with Gasteiger partial charge in [-0.1, -0.05) is 29.3 Å². The van der Waals surface area contributed by atoms with Crippen LogP contribution in [0.3, 0.4) is 0 Å². The number of hydrogen-bond acceptors (Lipinski definition) is 4. The highest BCUT2D eigenvalue weighted by atomic mass is 35.5. The Morgan fingerprint density at radius 1 is 1.08 bits per heavy atom. The number of amides is 1. The number of nitrogens with one attached hydrogen (secondary N) is 2. The van der Waals surface area contributed by atoms with Gasteiger partial charge in [-0.3, -0.25) is 4.79 Å². The van der Waals surface area contributed by atoms with Gasteiger partial charge >= 0.3 is 5.97 Å². The van der Waals surface area contributed by atoms with Crippen molar-refractivity contribution in [3.05, 3.63) is 57.6 Å². The summed E-state index contributed by atoms with van der Waals surface area (Å²) < 4.78 is 4.67. The Hall–Kier alpha value is -2.53. The summed E-state index contributed by atoms with van der Waals surface area (Å²) in [5.41, 5.74) is 4.97. The molecule has 0 aromatic heterocycles. The lowest BCUT2D eigenvalue weighted by atomic mass is 10.1. The van der Waals surface area contributed by atoms with Gasteiger partial charge in [-0.2, -0.15) is 0 Å². The summed E-state index contributed by atoms with van der Waals surface area (Å²) in [7, 11) is 1.30. The SMILES string of the molecule is COC(=O)c1ccc(Cl)c(NC(=O)CNc2c(C)cc(C)cc2C)c1. The number of hydrogen-bond donors (Lipinski definition) is 2. The van der Waals surface area contributed by atoms with Crippen LogP contribution >= 0.6 is 11.6 Å². The lowest BCUT2D eigenvalue weighted by Crippen LogP contribution is -2.22. The van der Waals surface area contributed by atoms with Gasteiger partial charge in [0.05, 0.1) is 29.9 Å². The molecule has 2 aromatic rings. The second kappa shape index (κ2) is 8.03. The van der Waals surface area contributed by atoms with Crippen LogP contribution in [0.15, 0.2) is 30.3 Å². The summed E-state index contributed by atoms with van der Waals surface area (Å²) in [5.74, 6) is -0.750. The van der Waals surface area contributed by atoms with Crippen LogP contribution < -0.4 is 10.6 Å². The number of halogens is 1. The zero-order chi connectivity index (χ0) is 18.6. The minimum atomic E-state index is -0.490. The van der Waals surface area contributed by atoms with Gasteiger partial charge in [0.15, 0.2) is 0 Å². The largest absolute Gasteiger partial charge is 0.465 e. The molecular formula is C19H21ClN2O3. The quantitative estimate of drug-likeness (QED) is 0.788. The lowest BCUT2D eigenvalue weighted by molar-refractivity contribution is -0.114. The maximum absolute atomic E-state index is 12.2. The van der Waals surface area contributed by atoms with Crippen molar-refractivity contribution in [3.63, 3.8) is 0 Å². The minimum Gasteiger partial charge on any atom is -0.465 e. The maximum Gasteiger partial charge on any atom is 0.337 e. The molecule has 5 nitrogen and oxygen atoms in total. The molecule has 0 radical (unpaired) electrons. The van der Waals surface area contributed by atoms with Crippen molar-refractivity contribution in [1.29, 1.82) is 0 Å². The smallest absolute Gasteiger partial charge is 0.337 e. The highest BCUT2D eigenvalue weighted by molar-refractivity contribution is 6.33. The van der Waals surface area contributed by atoms with Gasteiger partial charge in [0, 0.05) is 5.69 Å². The van der Waals surface area contributed by atoms with Gasteiger partial charge in [0.25, 0.3) is 0 Å². The van der Waals surface area contributed by atoms with Crippen molar-refractivity contribution in [2.75, 3.05) is 24.3 Å². The highest BCUT2D eigenvalue weighted by Crippen LogP contribution is 2.24. The maximum atomic E-state index is 12.2. The molecule has 0 saturated carbocycles. The molecule has 0 fully saturated rings. The minimum absolute atomic E-state index is 0.0868. The third-order valence-electron chi connectivity index (χ3n) is 3.76. The number of rotatable bonds is 5. The van der Waals surface area contributed by atoms with Crippen molar-refractivity contribution in [2.24, 2.45) is 0 Å². The van der Waals surface area contributed by atoms with Crippen LogP contribution in [0.5, 0.6) is 0 Å².